The van der Waals surface area contributed by atoms with E-state index in [4.69, 9.17) is 0 Å². The van der Waals surface area contributed by atoms with E-state index in [-0.39, 0.29) is 17.1 Å². The number of non-ortho nitro benzene ring substituents is 1. The highest BCUT2D eigenvalue weighted by Gasteiger charge is 2.25. The van der Waals surface area contributed by atoms with Crippen LogP contribution in [0.5, 0.6) is 0 Å². The average Bonchev–Trinajstić information content (AvgIpc) is 2.39. The van der Waals surface area contributed by atoms with Crippen molar-refractivity contribution in [2.45, 2.75) is 0 Å². The van der Waals surface area contributed by atoms with Crippen molar-refractivity contribution in [2.24, 2.45) is 0 Å². The van der Waals surface area contributed by atoms with Crippen LogP contribution in [-0.2, 0) is 0 Å². The molecule has 89 valence electrons. The molecule has 0 fully saturated rings. The van der Waals surface area contributed by atoms with Crippen molar-refractivity contribution in [1.29, 1.82) is 0 Å². The van der Waals surface area contributed by atoms with Gasteiger partial charge in [-0.1, -0.05) is 0 Å². The fourth-order valence-electron chi connectivity index (χ4n) is 1.50. The van der Waals surface area contributed by atoms with Gasteiger partial charge in [-0.05, 0) is 6.07 Å². The molecule has 2 aromatic rings. The molecule has 0 atom stereocenters. The first kappa shape index (κ1) is 11.6. The second-order valence-electron chi connectivity index (χ2n) is 3.39. The maximum atomic E-state index is 10.9. The summed E-state index contributed by atoms with van der Waals surface area (Å²) in [6, 6.07) is 9.47. The zero-order valence-electron chi connectivity index (χ0n) is 9.02. The highest BCUT2D eigenvalue weighted by atomic mass is 16.6. The molecule has 0 aliphatic rings. The summed E-state index contributed by atoms with van der Waals surface area (Å²) in [6.45, 7) is 0. The van der Waals surface area contributed by atoms with Crippen molar-refractivity contribution >= 4 is 11.4 Å². The van der Waals surface area contributed by atoms with Crippen molar-refractivity contribution in [1.82, 2.24) is 0 Å². The van der Waals surface area contributed by atoms with Gasteiger partial charge in [0, 0.05) is 24.3 Å². The fourth-order valence-corrected chi connectivity index (χ4v) is 1.50. The van der Waals surface area contributed by atoms with Gasteiger partial charge >= 0.3 is 5.69 Å². The van der Waals surface area contributed by atoms with E-state index in [1.54, 1.807) is 24.5 Å². The number of hydrogen-bond donors (Lipinski definition) is 0. The van der Waals surface area contributed by atoms with E-state index < -0.39 is 9.85 Å². The van der Waals surface area contributed by atoms with Crippen LogP contribution < -0.4 is 4.57 Å². The number of benzene rings is 1. The molecule has 0 spiro atoms. The minimum Gasteiger partial charge on any atom is -0.258 e. The Morgan fingerprint density at radius 1 is 1.06 bits per heavy atom. The number of hydrogen-bond acceptors (Lipinski definition) is 4. The molecule has 18 heavy (non-hydrogen) atoms. The van der Waals surface area contributed by atoms with Gasteiger partial charge in [0.05, 0.1) is 9.85 Å². The van der Waals surface area contributed by atoms with Gasteiger partial charge in [0.2, 0.25) is 0 Å². The van der Waals surface area contributed by atoms with Gasteiger partial charge in [0.25, 0.3) is 11.4 Å². The molecule has 7 nitrogen and oxygen atoms in total. The van der Waals surface area contributed by atoms with Crippen molar-refractivity contribution in [3.63, 3.8) is 0 Å². The van der Waals surface area contributed by atoms with Crippen molar-refractivity contribution in [2.75, 3.05) is 0 Å². The molecule has 0 unspecified atom stereocenters. The van der Waals surface area contributed by atoms with E-state index in [1.807, 2.05) is 0 Å². The topological polar surface area (TPSA) is 90.2 Å². The zero-order valence-corrected chi connectivity index (χ0v) is 9.02. The van der Waals surface area contributed by atoms with Gasteiger partial charge in [-0.2, -0.15) is 4.57 Å². The molecule has 1 aromatic heterocycles. The standard InChI is InChI=1S/C11H7N3O4/c15-13(16)9-4-5-10(11(8-9)14(17)18)12-6-2-1-3-7-12/h2-8H/q+1. The second-order valence-corrected chi connectivity index (χ2v) is 3.39. The number of pyridine rings is 1. The first-order valence-corrected chi connectivity index (χ1v) is 4.90. The third-order valence-electron chi connectivity index (χ3n) is 2.31. The second kappa shape index (κ2) is 4.58. The van der Waals surface area contributed by atoms with Crippen molar-refractivity contribution < 1.29 is 14.4 Å². The molecular formula is C11H7N3O4+. The predicted molar refractivity (Wildman–Crippen MR) is 60.1 cm³/mol. The van der Waals surface area contributed by atoms with Gasteiger partial charge in [0.1, 0.15) is 6.07 Å². The summed E-state index contributed by atoms with van der Waals surface area (Å²) in [5.41, 5.74) is -0.367. The lowest BCUT2D eigenvalue weighted by molar-refractivity contribution is -0.601. The lowest BCUT2D eigenvalue weighted by atomic mass is 10.2. The van der Waals surface area contributed by atoms with E-state index in [0.717, 1.165) is 6.07 Å². The summed E-state index contributed by atoms with van der Waals surface area (Å²) in [5.74, 6) is 0. The molecule has 0 saturated carbocycles. The van der Waals surface area contributed by atoms with Crippen molar-refractivity contribution in [3.8, 4) is 5.69 Å². The van der Waals surface area contributed by atoms with Crippen LogP contribution in [0.4, 0.5) is 11.4 Å². The van der Waals surface area contributed by atoms with Crippen molar-refractivity contribution in [3.05, 3.63) is 69.0 Å². The molecule has 0 N–H and O–H groups in total. The van der Waals surface area contributed by atoms with Crippen LogP contribution in [-0.4, -0.2) is 9.85 Å². The Labute approximate surface area is 101 Å². The third kappa shape index (κ3) is 2.14. The molecule has 1 aromatic carbocycles. The highest BCUT2D eigenvalue weighted by molar-refractivity contribution is 5.53. The number of aromatic nitrogens is 1. The number of rotatable bonds is 3. The molecule has 0 bridgehead atoms. The number of nitro groups is 2. The lowest BCUT2D eigenvalue weighted by Crippen LogP contribution is -2.30. The average molecular weight is 245 g/mol. The Kier molecular flexibility index (Phi) is 2.96. The summed E-state index contributed by atoms with van der Waals surface area (Å²) in [5, 5.41) is 21.5. The minimum atomic E-state index is -0.666. The van der Waals surface area contributed by atoms with E-state index in [1.165, 1.54) is 16.7 Å². The Morgan fingerprint density at radius 2 is 1.72 bits per heavy atom. The zero-order chi connectivity index (χ0) is 13.1. The Bertz CT molecular complexity index is 613. The Morgan fingerprint density at radius 3 is 2.28 bits per heavy atom. The lowest BCUT2D eigenvalue weighted by Gasteiger charge is -1.97. The molecule has 2 rings (SSSR count). The van der Waals surface area contributed by atoms with E-state index in [9.17, 15) is 20.2 Å². The summed E-state index contributed by atoms with van der Waals surface area (Å²) in [7, 11) is 0. The maximum Gasteiger partial charge on any atom is 0.347 e. The van der Waals surface area contributed by atoms with Crippen LogP contribution in [0.3, 0.4) is 0 Å². The quantitative estimate of drug-likeness (QED) is 0.466. The van der Waals surface area contributed by atoms with Crippen LogP contribution in [0, 0.1) is 26.3 Å². The van der Waals surface area contributed by atoms with Gasteiger partial charge in [-0.25, -0.2) is 0 Å². The predicted octanol–water partition coefficient (Wildman–Crippen LogP) is 1.58. The van der Waals surface area contributed by atoms with Gasteiger partial charge in [-0.15, -0.1) is 0 Å². The van der Waals surface area contributed by atoms with Gasteiger partial charge < -0.3 is 0 Å². The number of nitro benzene ring substituents is 2. The van der Waals surface area contributed by atoms with Crippen LogP contribution in [0.25, 0.3) is 5.69 Å². The molecule has 0 amide bonds. The summed E-state index contributed by atoms with van der Waals surface area (Å²) in [6.07, 6.45) is 3.16. The molecule has 7 heteroatoms. The third-order valence-corrected chi connectivity index (χ3v) is 2.31. The van der Waals surface area contributed by atoms with E-state index in [2.05, 4.69) is 6.07 Å². The highest BCUT2D eigenvalue weighted by Crippen LogP contribution is 2.24. The fraction of sp³-hybridized carbons (Fsp3) is 0. The maximum absolute atomic E-state index is 10.9. The van der Waals surface area contributed by atoms with Gasteiger partial charge in [0.15, 0.2) is 12.4 Å². The van der Waals surface area contributed by atoms with Gasteiger partial charge in [-0.3, -0.25) is 20.2 Å². The summed E-state index contributed by atoms with van der Waals surface area (Å²) >= 11 is 0. The molecular weight excluding hydrogens is 238 g/mol. The normalized spacial score (nSPS) is 10.0. The molecule has 0 saturated heterocycles. The molecule has 0 aliphatic heterocycles. The largest absolute Gasteiger partial charge is 0.347 e. The van der Waals surface area contributed by atoms with E-state index >= 15 is 0 Å². The molecule has 0 aliphatic carbocycles. The van der Waals surface area contributed by atoms with Crippen LogP contribution in [0.15, 0.2) is 42.7 Å². The Balaban J connectivity index is 2.61. The monoisotopic (exact) mass is 245 g/mol. The Hall–Kier alpha value is -2.83. The number of nitrogens with zero attached hydrogens (tertiary/aromatic N) is 3. The first-order chi connectivity index (χ1) is 8.59. The SMILES string of the molecule is O=[N+]([O-])c1ccc(-[n+]2cc[c]cc2)c([N+](=O)[O-])c1. The minimum absolute atomic E-state index is 0.264. The van der Waals surface area contributed by atoms with Crippen LogP contribution in [0.1, 0.15) is 0 Å². The summed E-state index contributed by atoms with van der Waals surface area (Å²) in [4.78, 5) is 20.2. The molecule has 1 heterocycles. The molecule has 1 radical (unpaired) electrons. The summed E-state index contributed by atoms with van der Waals surface area (Å²) < 4.78 is 1.50. The first-order valence-electron chi connectivity index (χ1n) is 4.90. The van der Waals surface area contributed by atoms with Crippen LogP contribution in [0.2, 0.25) is 0 Å². The van der Waals surface area contributed by atoms with E-state index in [0.29, 0.717) is 0 Å². The van der Waals surface area contributed by atoms with Crippen LogP contribution >= 0.6 is 0 Å². The smallest absolute Gasteiger partial charge is 0.258 e.